The number of aromatic nitrogens is 2. The predicted octanol–water partition coefficient (Wildman–Crippen LogP) is -0.704. The first kappa shape index (κ1) is 14.7. The molecule has 0 aliphatic heterocycles. The van der Waals surface area contributed by atoms with E-state index in [4.69, 9.17) is 0 Å². The second-order valence-electron chi connectivity index (χ2n) is 6.10. The maximum absolute atomic E-state index is 12.2. The summed E-state index contributed by atoms with van der Waals surface area (Å²) in [4.78, 5) is 29.6. The smallest absolute Gasteiger partial charge is 0.275 e. The van der Waals surface area contributed by atoms with Gasteiger partial charge in [-0.05, 0) is 31.9 Å². The fourth-order valence-corrected chi connectivity index (χ4v) is 2.61. The Balaban J connectivity index is 1.73. The van der Waals surface area contributed by atoms with Gasteiger partial charge in [-0.2, -0.15) is 0 Å². The fraction of sp³-hybridized carbons (Fsp3) is 0.438. The van der Waals surface area contributed by atoms with E-state index in [-0.39, 0.29) is 11.5 Å². The number of pyridine rings is 1. The van der Waals surface area contributed by atoms with E-state index in [9.17, 15) is 9.59 Å². The van der Waals surface area contributed by atoms with Crippen LogP contribution in [0.15, 0.2) is 29.1 Å². The number of likely N-dealkylation sites (N-methyl/N-ethyl adjacent to an activating group) is 1. The van der Waals surface area contributed by atoms with E-state index >= 15 is 0 Å². The highest BCUT2D eigenvalue weighted by molar-refractivity contribution is 5.77. The van der Waals surface area contributed by atoms with Gasteiger partial charge in [0.05, 0.1) is 7.05 Å². The summed E-state index contributed by atoms with van der Waals surface area (Å²) in [6.07, 6.45) is 2.18. The fourth-order valence-electron chi connectivity index (χ4n) is 2.61. The molecule has 0 bridgehead atoms. The third-order valence-electron chi connectivity index (χ3n) is 3.82. The van der Waals surface area contributed by atoms with Crippen LogP contribution in [0, 0.1) is 6.92 Å². The maximum atomic E-state index is 12.2. The lowest BCUT2D eigenvalue weighted by molar-refractivity contribution is -0.885. The van der Waals surface area contributed by atoms with Crippen LogP contribution in [0.4, 0.5) is 0 Å². The van der Waals surface area contributed by atoms with E-state index in [0.717, 1.165) is 23.4 Å². The molecule has 2 heterocycles. The van der Waals surface area contributed by atoms with Crippen LogP contribution >= 0.6 is 0 Å². The van der Waals surface area contributed by atoms with Crippen LogP contribution in [0.25, 0.3) is 5.65 Å². The van der Waals surface area contributed by atoms with E-state index in [1.54, 1.807) is 10.5 Å². The highest BCUT2D eigenvalue weighted by Crippen LogP contribution is 2.17. The van der Waals surface area contributed by atoms with Crippen LogP contribution in [0.2, 0.25) is 0 Å². The lowest BCUT2D eigenvalue weighted by Gasteiger charge is -2.14. The van der Waals surface area contributed by atoms with Gasteiger partial charge in [-0.3, -0.25) is 14.0 Å². The number of nitrogens with one attached hydrogen (secondary N) is 2. The summed E-state index contributed by atoms with van der Waals surface area (Å²) in [7, 11) is 1.94. The van der Waals surface area contributed by atoms with Crippen LogP contribution in [0.3, 0.4) is 0 Å². The van der Waals surface area contributed by atoms with Crippen molar-refractivity contribution in [3.05, 3.63) is 46.0 Å². The van der Waals surface area contributed by atoms with E-state index in [1.807, 2.05) is 32.2 Å². The number of carbonyl (C=O) groups excluding carboxylic acids is 1. The normalized spacial score (nSPS) is 15.7. The largest absolute Gasteiger partial charge is 0.348 e. The summed E-state index contributed by atoms with van der Waals surface area (Å²) in [6, 6.07) is 7.54. The molecule has 2 aromatic rings. The molecular formula is C16H21N4O2+. The van der Waals surface area contributed by atoms with Gasteiger partial charge in [0.25, 0.3) is 11.5 Å². The van der Waals surface area contributed by atoms with Gasteiger partial charge in [0.15, 0.2) is 6.54 Å². The van der Waals surface area contributed by atoms with Gasteiger partial charge in [0.1, 0.15) is 17.9 Å². The Kier molecular flexibility index (Phi) is 3.94. The number of aryl methyl sites for hydroxylation is 1. The number of carbonyl (C=O) groups is 1. The number of amides is 1. The highest BCUT2D eigenvalue weighted by atomic mass is 16.2. The number of fused-ring (bicyclic) bond motifs is 1. The number of hydrogen-bond acceptors (Lipinski definition) is 3. The van der Waals surface area contributed by atoms with Crippen molar-refractivity contribution in [2.75, 3.05) is 13.6 Å². The molecule has 0 saturated heterocycles. The molecule has 22 heavy (non-hydrogen) atoms. The van der Waals surface area contributed by atoms with E-state index in [2.05, 4.69) is 10.3 Å². The van der Waals surface area contributed by atoms with Crippen molar-refractivity contribution in [2.45, 2.75) is 32.4 Å². The van der Waals surface area contributed by atoms with Crippen molar-refractivity contribution in [1.29, 1.82) is 0 Å². The first-order chi connectivity index (χ1) is 10.5. The van der Waals surface area contributed by atoms with Crippen LogP contribution < -0.4 is 15.8 Å². The zero-order valence-electron chi connectivity index (χ0n) is 12.9. The maximum Gasteiger partial charge on any atom is 0.275 e. The van der Waals surface area contributed by atoms with Crippen molar-refractivity contribution < 1.29 is 9.69 Å². The SMILES string of the molecule is Cc1cccc2nc(C[NH+](C)CC(=O)NC3CC3)cc(=O)n12. The van der Waals surface area contributed by atoms with Gasteiger partial charge < -0.3 is 10.2 Å². The minimum Gasteiger partial charge on any atom is -0.348 e. The minimum absolute atomic E-state index is 0.0633. The number of hydrogen-bond donors (Lipinski definition) is 2. The van der Waals surface area contributed by atoms with Gasteiger partial charge in [-0.25, -0.2) is 4.98 Å². The van der Waals surface area contributed by atoms with E-state index in [1.165, 1.54) is 0 Å². The Morgan fingerprint density at radius 1 is 1.45 bits per heavy atom. The Morgan fingerprint density at radius 2 is 2.23 bits per heavy atom. The third-order valence-corrected chi connectivity index (χ3v) is 3.82. The van der Waals surface area contributed by atoms with Crippen LogP contribution in [-0.2, 0) is 11.3 Å². The monoisotopic (exact) mass is 301 g/mol. The third kappa shape index (κ3) is 3.33. The molecule has 116 valence electrons. The quantitative estimate of drug-likeness (QED) is 0.767. The Labute approximate surface area is 128 Å². The standard InChI is InChI=1S/C16H20N4O2/c1-11-4-3-5-14-17-13(8-16(22)20(11)14)9-19(2)10-15(21)18-12-6-7-12/h3-5,8,12H,6-7,9-10H2,1-2H3,(H,18,21)/p+1. The van der Waals surface area contributed by atoms with Gasteiger partial charge in [-0.15, -0.1) is 0 Å². The van der Waals surface area contributed by atoms with Crippen molar-refractivity contribution in [2.24, 2.45) is 0 Å². The predicted molar refractivity (Wildman–Crippen MR) is 82.8 cm³/mol. The molecule has 1 unspecified atom stereocenters. The lowest BCUT2D eigenvalue weighted by atomic mass is 10.3. The first-order valence-electron chi connectivity index (χ1n) is 7.62. The van der Waals surface area contributed by atoms with Crippen molar-refractivity contribution in [3.63, 3.8) is 0 Å². The average Bonchev–Trinajstić information content (AvgIpc) is 3.21. The zero-order valence-corrected chi connectivity index (χ0v) is 12.9. The summed E-state index contributed by atoms with van der Waals surface area (Å²) in [5.74, 6) is 0.0633. The summed E-state index contributed by atoms with van der Waals surface area (Å²) in [5, 5.41) is 2.97. The van der Waals surface area contributed by atoms with Crippen LogP contribution in [0.5, 0.6) is 0 Å². The zero-order chi connectivity index (χ0) is 15.7. The van der Waals surface area contributed by atoms with Gasteiger partial charge in [0.2, 0.25) is 0 Å². The first-order valence-corrected chi connectivity index (χ1v) is 7.62. The topological polar surface area (TPSA) is 67.9 Å². The van der Waals surface area contributed by atoms with Crippen molar-refractivity contribution in [1.82, 2.24) is 14.7 Å². The molecule has 2 N–H and O–H groups in total. The van der Waals surface area contributed by atoms with Crippen molar-refractivity contribution in [3.8, 4) is 0 Å². The Morgan fingerprint density at radius 3 is 2.95 bits per heavy atom. The molecule has 1 aliphatic carbocycles. The average molecular weight is 301 g/mol. The second-order valence-corrected chi connectivity index (χ2v) is 6.10. The molecule has 1 atom stereocenters. The Bertz CT molecular complexity index is 764. The number of quaternary nitrogens is 1. The summed E-state index contributed by atoms with van der Waals surface area (Å²) in [5.41, 5.74) is 2.16. The van der Waals surface area contributed by atoms with Gasteiger partial charge in [-0.1, -0.05) is 6.07 Å². The molecule has 6 nitrogen and oxygen atoms in total. The van der Waals surface area contributed by atoms with Gasteiger partial charge >= 0.3 is 0 Å². The molecule has 0 aromatic carbocycles. The molecule has 6 heteroatoms. The molecular weight excluding hydrogens is 280 g/mol. The molecule has 3 rings (SSSR count). The second kappa shape index (κ2) is 5.88. The van der Waals surface area contributed by atoms with E-state index in [0.29, 0.717) is 30.5 Å². The molecule has 1 saturated carbocycles. The molecule has 0 radical (unpaired) electrons. The molecule has 0 spiro atoms. The summed E-state index contributed by atoms with van der Waals surface area (Å²) in [6.45, 7) is 2.83. The van der Waals surface area contributed by atoms with E-state index < -0.39 is 0 Å². The molecule has 1 aliphatic rings. The van der Waals surface area contributed by atoms with Crippen molar-refractivity contribution >= 4 is 11.6 Å². The molecule has 2 aromatic heterocycles. The highest BCUT2D eigenvalue weighted by Gasteiger charge is 2.24. The number of nitrogens with zero attached hydrogens (tertiary/aromatic N) is 2. The number of rotatable bonds is 5. The summed E-state index contributed by atoms with van der Waals surface area (Å²) >= 11 is 0. The van der Waals surface area contributed by atoms with Crippen LogP contribution in [-0.4, -0.2) is 34.9 Å². The molecule has 1 amide bonds. The van der Waals surface area contributed by atoms with Crippen LogP contribution in [0.1, 0.15) is 24.2 Å². The Hall–Kier alpha value is -2.21. The minimum atomic E-state index is -0.0756. The van der Waals surface area contributed by atoms with Gasteiger partial charge in [0, 0.05) is 17.8 Å². The molecule has 1 fully saturated rings. The summed E-state index contributed by atoms with van der Waals surface area (Å²) < 4.78 is 1.60. The lowest BCUT2D eigenvalue weighted by Crippen LogP contribution is -3.09.